The van der Waals surface area contributed by atoms with Gasteiger partial charge in [-0.25, -0.2) is 4.39 Å². The van der Waals surface area contributed by atoms with Crippen molar-refractivity contribution in [3.63, 3.8) is 0 Å². The third-order valence-corrected chi connectivity index (χ3v) is 1.78. The van der Waals surface area contributed by atoms with Gasteiger partial charge in [-0.1, -0.05) is 0 Å². The smallest absolute Gasteiger partial charge is 0.118 e. The molecule has 1 saturated heterocycles. The van der Waals surface area contributed by atoms with Crippen LogP contribution in [0, 0.1) is 5.92 Å². The van der Waals surface area contributed by atoms with Crippen molar-refractivity contribution >= 4 is 12.4 Å². The number of piperidine rings is 1. The predicted octanol–water partition coefficient (Wildman–Crippen LogP) is 0.348. The zero-order chi connectivity index (χ0) is 6.69. The summed E-state index contributed by atoms with van der Waals surface area (Å²) in [6, 6.07) is 0. The summed E-state index contributed by atoms with van der Waals surface area (Å²) in [7, 11) is 0. The van der Waals surface area contributed by atoms with Gasteiger partial charge in [-0.2, -0.15) is 0 Å². The molecule has 0 aromatic heterocycles. The molecule has 62 valence electrons. The molecule has 2 N–H and O–H groups in total. The Labute approximate surface area is 66.2 Å². The zero-order valence-electron chi connectivity index (χ0n) is 5.72. The van der Waals surface area contributed by atoms with Crippen molar-refractivity contribution in [2.75, 3.05) is 19.7 Å². The van der Waals surface area contributed by atoms with Gasteiger partial charge in [-0.3, -0.25) is 0 Å². The first-order valence-corrected chi connectivity index (χ1v) is 3.30. The fraction of sp³-hybridized carbons (Fsp3) is 1.00. The van der Waals surface area contributed by atoms with Crippen molar-refractivity contribution in [3.05, 3.63) is 0 Å². The minimum absolute atomic E-state index is 0. The van der Waals surface area contributed by atoms with E-state index in [4.69, 9.17) is 5.11 Å². The fourth-order valence-electron chi connectivity index (χ4n) is 1.08. The van der Waals surface area contributed by atoms with Crippen molar-refractivity contribution in [1.29, 1.82) is 0 Å². The van der Waals surface area contributed by atoms with Gasteiger partial charge < -0.3 is 10.4 Å². The minimum atomic E-state index is -0.844. The van der Waals surface area contributed by atoms with E-state index in [0.29, 0.717) is 6.54 Å². The van der Waals surface area contributed by atoms with Gasteiger partial charge in [0, 0.05) is 19.1 Å². The molecule has 0 amide bonds. The summed E-state index contributed by atoms with van der Waals surface area (Å²) in [6.45, 7) is 1.24. The standard InChI is InChI=1S/C6H12FNO.ClH/c7-6-3-8-2-1-5(6)4-9;/h5-6,8-9H,1-4H2;1H. The molecule has 4 heteroatoms. The molecular weight excluding hydrogens is 157 g/mol. The molecule has 1 aliphatic rings. The van der Waals surface area contributed by atoms with Crippen LogP contribution in [0.15, 0.2) is 0 Å². The molecule has 0 spiro atoms. The molecule has 2 nitrogen and oxygen atoms in total. The maximum atomic E-state index is 12.6. The van der Waals surface area contributed by atoms with Crippen molar-refractivity contribution in [2.45, 2.75) is 12.6 Å². The Morgan fingerprint density at radius 3 is 2.70 bits per heavy atom. The largest absolute Gasteiger partial charge is 0.396 e. The second-order valence-electron chi connectivity index (χ2n) is 2.45. The number of hydrogen-bond acceptors (Lipinski definition) is 2. The van der Waals surface area contributed by atoms with E-state index in [1.165, 1.54) is 0 Å². The van der Waals surface area contributed by atoms with Gasteiger partial charge in [-0.05, 0) is 13.0 Å². The number of aliphatic hydroxyl groups is 1. The molecule has 0 saturated carbocycles. The van der Waals surface area contributed by atoms with Crippen LogP contribution in [-0.2, 0) is 0 Å². The van der Waals surface area contributed by atoms with E-state index >= 15 is 0 Å². The molecule has 1 fully saturated rings. The van der Waals surface area contributed by atoms with Gasteiger partial charge in [0.25, 0.3) is 0 Å². The summed E-state index contributed by atoms with van der Waals surface area (Å²) in [6.07, 6.45) is -0.0822. The first kappa shape index (κ1) is 10.1. The number of halogens is 2. The molecule has 10 heavy (non-hydrogen) atoms. The lowest BCUT2D eigenvalue weighted by Crippen LogP contribution is -2.39. The van der Waals surface area contributed by atoms with Gasteiger partial charge in [-0.15, -0.1) is 12.4 Å². The van der Waals surface area contributed by atoms with Gasteiger partial charge in [0.2, 0.25) is 0 Å². The molecule has 1 heterocycles. The van der Waals surface area contributed by atoms with Crippen LogP contribution in [-0.4, -0.2) is 31.0 Å². The molecule has 0 aromatic rings. The van der Waals surface area contributed by atoms with Crippen LogP contribution >= 0.6 is 12.4 Å². The Hall–Kier alpha value is 0.140. The second-order valence-corrected chi connectivity index (χ2v) is 2.45. The van der Waals surface area contributed by atoms with Crippen LogP contribution in [0.25, 0.3) is 0 Å². The Bertz CT molecular complexity index is 93.8. The zero-order valence-corrected chi connectivity index (χ0v) is 6.53. The maximum Gasteiger partial charge on any atom is 0.118 e. The molecule has 1 aliphatic heterocycles. The summed E-state index contributed by atoms with van der Waals surface area (Å²) in [5, 5.41) is 11.5. The summed E-state index contributed by atoms with van der Waals surface area (Å²) in [5.41, 5.74) is 0. The van der Waals surface area contributed by atoms with Crippen LogP contribution < -0.4 is 5.32 Å². The summed E-state index contributed by atoms with van der Waals surface area (Å²) >= 11 is 0. The van der Waals surface area contributed by atoms with Crippen molar-refractivity contribution in [3.8, 4) is 0 Å². The number of aliphatic hydroxyl groups excluding tert-OH is 1. The Morgan fingerprint density at radius 2 is 2.30 bits per heavy atom. The van der Waals surface area contributed by atoms with E-state index < -0.39 is 6.17 Å². The Morgan fingerprint density at radius 1 is 1.60 bits per heavy atom. The molecule has 2 unspecified atom stereocenters. The first-order valence-electron chi connectivity index (χ1n) is 3.30. The van der Waals surface area contributed by atoms with E-state index in [1.807, 2.05) is 0 Å². The van der Waals surface area contributed by atoms with Crippen molar-refractivity contribution in [2.24, 2.45) is 5.92 Å². The first-order chi connectivity index (χ1) is 4.34. The topological polar surface area (TPSA) is 32.3 Å². The Balaban J connectivity index is 0.000000810. The summed E-state index contributed by atoms with van der Waals surface area (Å²) in [4.78, 5) is 0. The number of hydrogen-bond donors (Lipinski definition) is 2. The van der Waals surface area contributed by atoms with E-state index in [9.17, 15) is 4.39 Å². The summed E-state index contributed by atoms with van der Waals surface area (Å²) < 4.78 is 12.6. The summed E-state index contributed by atoms with van der Waals surface area (Å²) in [5.74, 6) is -0.119. The third kappa shape index (κ3) is 2.40. The molecule has 1 rings (SSSR count). The van der Waals surface area contributed by atoms with Gasteiger partial charge >= 0.3 is 0 Å². The molecule has 0 aliphatic carbocycles. The molecule has 0 radical (unpaired) electrons. The van der Waals surface area contributed by atoms with Crippen LogP contribution in [0.3, 0.4) is 0 Å². The average molecular weight is 170 g/mol. The molecule has 2 atom stereocenters. The third-order valence-electron chi connectivity index (χ3n) is 1.78. The highest BCUT2D eigenvalue weighted by Crippen LogP contribution is 2.13. The highest BCUT2D eigenvalue weighted by molar-refractivity contribution is 5.85. The van der Waals surface area contributed by atoms with E-state index in [0.717, 1.165) is 13.0 Å². The van der Waals surface area contributed by atoms with E-state index in [1.54, 1.807) is 0 Å². The lowest BCUT2D eigenvalue weighted by Gasteiger charge is -2.24. The van der Waals surface area contributed by atoms with Crippen LogP contribution in [0.2, 0.25) is 0 Å². The fourth-order valence-corrected chi connectivity index (χ4v) is 1.08. The van der Waals surface area contributed by atoms with Crippen molar-refractivity contribution < 1.29 is 9.50 Å². The lowest BCUT2D eigenvalue weighted by molar-refractivity contribution is 0.111. The van der Waals surface area contributed by atoms with E-state index in [2.05, 4.69) is 5.32 Å². The molecule has 0 bridgehead atoms. The van der Waals surface area contributed by atoms with Crippen molar-refractivity contribution in [1.82, 2.24) is 5.32 Å². The quantitative estimate of drug-likeness (QED) is 0.594. The number of alkyl halides is 1. The van der Waals surface area contributed by atoms with Gasteiger partial charge in [0.15, 0.2) is 0 Å². The highest BCUT2D eigenvalue weighted by atomic mass is 35.5. The number of rotatable bonds is 1. The second kappa shape index (κ2) is 4.88. The monoisotopic (exact) mass is 169 g/mol. The van der Waals surface area contributed by atoms with Gasteiger partial charge in [0.05, 0.1) is 0 Å². The van der Waals surface area contributed by atoms with Crippen LogP contribution in [0.5, 0.6) is 0 Å². The van der Waals surface area contributed by atoms with Gasteiger partial charge in [0.1, 0.15) is 6.17 Å². The maximum absolute atomic E-state index is 12.6. The van der Waals surface area contributed by atoms with Crippen LogP contribution in [0.4, 0.5) is 4.39 Å². The average Bonchev–Trinajstić information content (AvgIpc) is 1.89. The molecule has 0 aromatic carbocycles. The number of nitrogens with one attached hydrogen (secondary N) is 1. The highest BCUT2D eigenvalue weighted by Gasteiger charge is 2.22. The molecular formula is C6H13ClFNO. The minimum Gasteiger partial charge on any atom is -0.396 e. The van der Waals surface area contributed by atoms with Crippen LogP contribution in [0.1, 0.15) is 6.42 Å². The SMILES string of the molecule is Cl.OCC1CCNCC1F. The lowest BCUT2D eigenvalue weighted by atomic mass is 9.97. The van der Waals surface area contributed by atoms with E-state index in [-0.39, 0.29) is 24.9 Å². The Kier molecular flexibility index (Phi) is 4.95. The normalized spacial score (nSPS) is 33.0. The predicted molar refractivity (Wildman–Crippen MR) is 40.2 cm³/mol.